The summed E-state index contributed by atoms with van der Waals surface area (Å²) in [5.41, 5.74) is 3.34. The van der Waals surface area contributed by atoms with E-state index in [0.29, 0.717) is 18.7 Å². The number of aromatic nitrogens is 1. The zero-order chi connectivity index (χ0) is 19.6. The van der Waals surface area contributed by atoms with Crippen molar-refractivity contribution in [3.05, 3.63) is 64.4 Å². The van der Waals surface area contributed by atoms with Gasteiger partial charge < -0.3 is 14.6 Å². The quantitative estimate of drug-likeness (QED) is 0.627. The van der Waals surface area contributed by atoms with Crippen LogP contribution in [0.15, 0.2) is 36.0 Å². The molecule has 1 aromatic carbocycles. The van der Waals surface area contributed by atoms with Gasteiger partial charge in [-0.15, -0.1) is 0 Å². The second-order valence-electron chi connectivity index (χ2n) is 6.44. The number of amides is 3. The molecule has 2 aromatic rings. The van der Waals surface area contributed by atoms with Crippen LogP contribution >= 0.6 is 0 Å². The summed E-state index contributed by atoms with van der Waals surface area (Å²) in [6.45, 7) is 5.11. The fourth-order valence-corrected chi connectivity index (χ4v) is 3.17. The lowest BCUT2D eigenvalue weighted by atomic mass is 10.2. The van der Waals surface area contributed by atoms with Crippen LogP contribution in [-0.4, -0.2) is 35.1 Å². The number of nitrogens with one attached hydrogen (secondary N) is 1. The number of hydrogen-bond donors (Lipinski definition) is 1. The van der Waals surface area contributed by atoms with Crippen LogP contribution in [0.3, 0.4) is 0 Å². The molecule has 0 aliphatic carbocycles. The Morgan fingerprint density at radius 1 is 1.22 bits per heavy atom. The Balaban J connectivity index is 1.83. The van der Waals surface area contributed by atoms with Gasteiger partial charge in [-0.3, -0.25) is 9.69 Å². The van der Waals surface area contributed by atoms with Crippen molar-refractivity contribution in [2.45, 2.75) is 26.9 Å². The Morgan fingerprint density at radius 3 is 2.67 bits per heavy atom. The Labute approximate surface area is 157 Å². The third-order valence-corrected chi connectivity index (χ3v) is 4.68. The molecule has 0 saturated carbocycles. The van der Waals surface area contributed by atoms with Crippen LogP contribution in [0, 0.1) is 19.7 Å². The summed E-state index contributed by atoms with van der Waals surface area (Å²) in [6, 6.07) is 7.50. The molecule has 1 saturated heterocycles. The Morgan fingerprint density at radius 2 is 1.96 bits per heavy atom. The average molecular weight is 371 g/mol. The molecular formula is C20H22FN3O3. The number of halogens is 1. The highest BCUT2D eigenvalue weighted by Gasteiger charge is 2.34. The van der Waals surface area contributed by atoms with E-state index in [9.17, 15) is 14.0 Å². The summed E-state index contributed by atoms with van der Waals surface area (Å²) >= 11 is 0. The molecule has 0 spiro atoms. The lowest BCUT2D eigenvalue weighted by molar-refractivity contribution is -0.123. The number of aryl methyl sites for hydroxylation is 1. The molecule has 27 heavy (non-hydrogen) atoms. The fourth-order valence-electron chi connectivity index (χ4n) is 3.17. The second kappa shape index (κ2) is 7.75. The minimum atomic E-state index is -0.553. The summed E-state index contributed by atoms with van der Waals surface area (Å²) in [7, 11) is 1.65. The van der Waals surface area contributed by atoms with Gasteiger partial charge >= 0.3 is 6.03 Å². The fraction of sp³-hybridized carbons (Fsp3) is 0.300. The van der Waals surface area contributed by atoms with E-state index in [1.165, 1.54) is 6.07 Å². The molecular weight excluding hydrogens is 349 g/mol. The number of ether oxygens (including phenoxy) is 1. The predicted octanol–water partition coefficient (Wildman–Crippen LogP) is 2.98. The standard InChI is InChI=1S/C20H22FN3O3/c1-13-10-16(14(2)23(13)8-9-27-3)11-18-19(25)24(20(26)22-18)12-15-6-4-5-7-17(15)21/h4-7,10-11H,8-9,12H2,1-3H3,(H,22,26)/b18-11+. The molecule has 1 aliphatic rings. The van der Waals surface area contributed by atoms with E-state index >= 15 is 0 Å². The van der Waals surface area contributed by atoms with Crippen molar-refractivity contribution in [2.75, 3.05) is 13.7 Å². The van der Waals surface area contributed by atoms with Crippen LogP contribution in [0.1, 0.15) is 22.5 Å². The molecule has 1 N–H and O–H groups in total. The van der Waals surface area contributed by atoms with Crippen LogP contribution in [0.2, 0.25) is 0 Å². The van der Waals surface area contributed by atoms with Gasteiger partial charge in [-0.1, -0.05) is 18.2 Å². The van der Waals surface area contributed by atoms with Gasteiger partial charge in [0, 0.05) is 30.6 Å². The number of methoxy groups -OCH3 is 1. The van der Waals surface area contributed by atoms with Crippen LogP contribution in [0.25, 0.3) is 6.08 Å². The van der Waals surface area contributed by atoms with Crippen molar-refractivity contribution >= 4 is 18.0 Å². The number of rotatable bonds is 6. The molecule has 0 unspecified atom stereocenters. The maximum Gasteiger partial charge on any atom is 0.329 e. The average Bonchev–Trinajstić information content (AvgIpc) is 3.05. The molecule has 0 bridgehead atoms. The summed E-state index contributed by atoms with van der Waals surface area (Å²) < 4.78 is 21.1. The van der Waals surface area contributed by atoms with E-state index in [1.807, 2.05) is 19.9 Å². The van der Waals surface area contributed by atoms with Crippen molar-refractivity contribution in [1.82, 2.24) is 14.8 Å². The predicted molar refractivity (Wildman–Crippen MR) is 99.2 cm³/mol. The van der Waals surface area contributed by atoms with E-state index in [-0.39, 0.29) is 12.2 Å². The first-order chi connectivity index (χ1) is 12.9. The SMILES string of the molecule is COCCn1c(C)cc(/C=C2/NC(=O)N(Cc3ccccc3F)C2=O)c1C. The number of carbonyl (C=O) groups excluding carboxylic acids is 2. The van der Waals surface area contributed by atoms with Crippen molar-refractivity contribution in [3.8, 4) is 0 Å². The summed E-state index contributed by atoms with van der Waals surface area (Å²) in [6.07, 6.45) is 1.66. The first kappa shape index (κ1) is 18.8. The maximum absolute atomic E-state index is 13.8. The van der Waals surface area contributed by atoms with Crippen LogP contribution in [0.5, 0.6) is 0 Å². The van der Waals surface area contributed by atoms with Crippen LogP contribution < -0.4 is 5.32 Å². The van der Waals surface area contributed by atoms with Gasteiger partial charge in [0.2, 0.25) is 0 Å². The molecule has 2 heterocycles. The normalized spacial score (nSPS) is 15.7. The molecule has 7 heteroatoms. The third-order valence-electron chi connectivity index (χ3n) is 4.68. The first-order valence-corrected chi connectivity index (χ1v) is 8.66. The number of hydrogen-bond acceptors (Lipinski definition) is 3. The molecule has 1 aliphatic heterocycles. The van der Waals surface area contributed by atoms with Crippen molar-refractivity contribution in [1.29, 1.82) is 0 Å². The summed E-state index contributed by atoms with van der Waals surface area (Å²) in [4.78, 5) is 25.9. The summed E-state index contributed by atoms with van der Waals surface area (Å²) in [5, 5.41) is 2.58. The number of nitrogens with zero attached hydrogens (tertiary/aromatic N) is 2. The van der Waals surface area contributed by atoms with Gasteiger partial charge in [-0.05, 0) is 37.6 Å². The maximum atomic E-state index is 13.8. The van der Waals surface area contributed by atoms with Gasteiger partial charge in [0.15, 0.2) is 0 Å². The Kier molecular flexibility index (Phi) is 5.41. The zero-order valence-electron chi connectivity index (χ0n) is 15.6. The minimum Gasteiger partial charge on any atom is -0.383 e. The van der Waals surface area contributed by atoms with E-state index in [0.717, 1.165) is 21.9 Å². The van der Waals surface area contributed by atoms with Gasteiger partial charge in [0.1, 0.15) is 11.5 Å². The number of urea groups is 1. The second-order valence-corrected chi connectivity index (χ2v) is 6.44. The van der Waals surface area contributed by atoms with E-state index < -0.39 is 17.8 Å². The first-order valence-electron chi connectivity index (χ1n) is 8.66. The molecule has 6 nitrogen and oxygen atoms in total. The van der Waals surface area contributed by atoms with E-state index in [1.54, 1.807) is 31.4 Å². The van der Waals surface area contributed by atoms with E-state index in [2.05, 4.69) is 9.88 Å². The molecule has 142 valence electrons. The largest absolute Gasteiger partial charge is 0.383 e. The van der Waals surface area contributed by atoms with Gasteiger partial charge in [-0.2, -0.15) is 0 Å². The summed E-state index contributed by atoms with van der Waals surface area (Å²) in [5.74, 6) is -0.915. The Hall–Kier alpha value is -2.93. The third kappa shape index (κ3) is 3.78. The molecule has 0 atom stereocenters. The van der Waals surface area contributed by atoms with Gasteiger partial charge in [-0.25, -0.2) is 9.18 Å². The Bertz CT molecular complexity index is 917. The lowest BCUT2D eigenvalue weighted by Gasteiger charge is -2.12. The van der Waals surface area contributed by atoms with Crippen LogP contribution in [-0.2, 0) is 22.6 Å². The number of carbonyl (C=O) groups is 2. The molecule has 1 fully saturated rings. The number of imide groups is 1. The van der Waals surface area contributed by atoms with Crippen molar-refractivity contribution in [3.63, 3.8) is 0 Å². The van der Waals surface area contributed by atoms with Crippen molar-refractivity contribution in [2.24, 2.45) is 0 Å². The molecule has 3 rings (SSSR count). The lowest BCUT2D eigenvalue weighted by Crippen LogP contribution is -2.30. The zero-order valence-corrected chi connectivity index (χ0v) is 15.6. The highest BCUT2D eigenvalue weighted by Crippen LogP contribution is 2.22. The van der Waals surface area contributed by atoms with Crippen molar-refractivity contribution < 1.29 is 18.7 Å². The van der Waals surface area contributed by atoms with Gasteiger partial charge in [0.25, 0.3) is 5.91 Å². The van der Waals surface area contributed by atoms with E-state index in [4.69, 9.17) is 4.74 Å². The highest BCUT2D eigenvalue weighted by atomic mass is 19.1. The van der Waals surface area contributed by atoms with Crippen LogP contribution in [0.4, 0.5) is 9.18 Å². The molecule has 3 amide bonds. The monoisotopic (exact) mass is 371 g/mol. The topological polar surface area (TPSA) is 63.6 Å². The smallest absolute Gasteiger partial charge is 0.329 e. The highest BCUT2D eigenvalue weighted by molar-refractivity contribution is 6.13. The number of benzene rings is 1. The molecule has 0 radical (unpaired) electrons. The van der Waals surface area contributed by atoms with Gasteiger partial charge in [0.05, 0.1) is 13.2 Å². The molecule has 1 aromatic heterocycles. The minimum absolute atomic E-state index is 0.110.